The number of para-hydroxylation sites is 1. The molecule has 0 aliphatic rings. The quantitative estimate of drug-likeness (QED) is 0.306. The minimum Gasteiger partial charge on any atom is -0.452 e. The van der Waals surface area contributed by atoms with E-state index in [1.54, 1.807) is 60.7 Å². The summed E-state index contributed by atoms with van der Waals surface area (Å²) in [7, 11) is 0. The Bertz CT molecular complexity index is 1370. The standard InChI is InChI=1S/C25H17Cl2N3O4/c26-17-9-5-15(6-10-17)22-13-20(19-3-1-2-4-21(19)28-22)25(33)34-14-23(31)29-30-24(32)16-7-11-18(27)12-8-16/h1-13H,14H2,(H,29,31)(H,30,32). The summed E-state index contributed by atoms with van der Waals surface area (Å²) in [5.74, 6) is -1.94. The fourth-order valence-corrected chi connectivity index (χ4v) is 3.41. The maximum absolute atomic E-state index is 12.8. The molecule has 170 valence electrons. The number of nitrogens with zero attached hydrogens (tertiary/aromatic N) is 1. The molecule has 0 atom stereocenters. The Kier molecular flexibility index (Phi) is 7.06. The smallest absolute Gasteiger partial charge is 0.339 e. The van der Waals surface area contributed by atoms with Crippen LogP contribution in [-0.4, -0.2) is 29.4 Å². The second-order valence-electron chi connectivity index (χ2n) is 7.16. The predicted octanol–water partition coefficient (Wildman–Crippen LogP) is 4.83. The van der Waals surface area contributed by atoms with E-state index in [-0.39, 0.29) is 5.56 Å². The van der Waals surface area contributed by atoms with Crippen molar-refractivity contribution in [2.45, 2.75) is 0 Å². The highest BCUT2D eigenvalue weighted by molar-refractivity contribution is 6.31. The van der Waals surface area contributed by atoms with Gasteiger partial charge in [-0.1, -0.05) is 53.5 Å². The van der Waals surface area contributed by atoms with Crippen molar-refractivity contribution in [3.8, 4) is 11.3 Å². The summed E-state index contributed by atoms with van der Waals surface area (Å²) in [5.41, 5.74) is 6.95. The van der Waals surface area contributed by atoms with Crippen LogP contribution in [-0.2, 0) is 9.53 Å². The lowest BCUT2D eigenvalue weighted by atomic mass is 10.0. The average molecular weight is 494 g/mol. The molecule has 0 aliphatic heterocycles. The molecule has 7 nitrogen and oxygen atoms in total. The van der Waals surface area contributed by atoms with Crippen molar-refractivity contribution in [2.24, 2.45) is 0 Å². The highest BCUT2D eigenvalue weighted by Crippen LogP contribution is 2.26. The third kappa shape index (κ3) is 5.51. The van der Waals surface area contributed by atoms with Crippen molar-refractivity contribution in [3.05, 3.63) is 100 Å². The van der Waals surface area contributed by atoms with E-state index in [0.29, 0.717) is 32.2 Å². The molecule has 0 unspecified atom stereocenters. The Labute approximate surface area is 204 Å². The van der Waals surface area contributed by atoms with E-state index in [0.717, 1.165) is 5.56 Å². The molecule has 34 heavy (non-hydrogen) atoms. The van der Waals surface area contributed by atoms with Crippen LogP contribution in [0.5, 0.6) is 0 Å². The highest BCUT2D eigenvalue weighted by Gasteiger charge is 2.17. The van der Waals surface area contributed by atoms with Crippen molar-refractivity contribution in [1.29, 1.82) is 0 Å². The van der Waals surface area contributed by atoms with Gasteiger partial charge in [-0.3, -0.25) is 20.4 Å². The summed E-state index contributed by atoms with van der Waals surface area (Å²) >= 11 is 11.8. The van der Waals surface area contributed by atoms with Crippen LogP contribution < -0.4 is 10.9 Å². The molecule has 2 N–H and O–H groups in total. The third-order valence-electron chi connectivity index (χ3n) is 4.83. The Morgan fingerprint density at radius 3 is 2.18 bits per heavy atom. The van der Waals surface area contributed by atoms with Gasteiger partial charge in [-0.25, -0.2) is 9.78 Å². The monoisotopic (exact) mass is 493 g/mol. The van der Waals surface area contributed by atoms with Crippen LogP contribution in [0.15, 0.2) is 78.9 Å². The van der Waals surface area contributed by atoms with Gasteiger partial charge in [0.1, 0.15) is 0 Å². The number of halogens is 2. The summed E-state index contributed by atoms with van der Waals surface area (Å²) in [5, 5.41) is 1.65. The number of hydrogen-bond donors (Lipinski definition) is 2. The second-order valence-corrected chi connectivity index (χ2v) is 8.04. The zero-order valence-electron chi connectivity index (χ0n) is 17.5. The van der Waals surface area contributed by atoms with Crippen molar-refractivity contribution in [3.63, 3.8) is 0 Å². The van der Waals surface area contributed by atoms with Crippen molar-refractivity contribution in [2.75, 3.05) is 6.61 Å². The van der Waals surface area contributed by atoms with E-state index in [1.807, 2.05) is 6.07 Å². The van der Waals surface area contributed by atoms with Crippen LogP contribution in [0.3, 0.4) is 0 Å². The molecule has 0 radical (unpaired) electrons. The lowest BCUT2D eigenvalue weighted by Gasteiger charge is -2.11. The van der Waals surface area contributed by atoms with E-state index in [1.165, 1.54) is 12.1 Å². The van der Waals surface area contributed by atoms with Gasteiger partial charge in [-0.2, -0.15) is 0 Å². The normalized spacial score (nSPS) is 10.5. The Morgan fingerprint density at radius 1 is 0.824 bits per heavy atom. The van der Waals surface area contributed by atoms with E-state index < -0.39 is 24.4 Å². The average Bonchev–Trinajstić information content (AvgIpc) is 2.86. The molecule has 3 aromatic carbocycles. The Balaban J connectivity index is 1.45. The number of ether oxygens (including phenoxy) is 1. The van der Waals surface area contributed by atoms with Gasteiger partial charge in [0.25, 0.3) is 11.8 Å². The van der Waals surface area contributed by atoms with Crippen LogP contribution in [0.1, 0.15) is 20.7 Å². The maximum Gasteiger partial charge on any atom is 0.339 e. The molecule has 0 spiro atoms. The van der Waals surface area contributed by atoms with Crippen LogP contribution in [0.4, 0.5) is 0 Å². The first-order chi connectivity index (χ1) is 16.4. The lowest BCUT2D eigenvalue weighted by molar-refractivity contribution is -0.125. The van der Waals surface area contributed by atoms with Gasteiger partial charge in [0.2, 0.25) is 0 Å². The number of hydrogen-bond acceptors (Lipinski definition) is 5. The number of aromatic nitrogens is 1. The number of hydrazine groups is 1. The van der Waals surface area contributed by atoms with Gasteiger partial charge < -0.3 is 4.74 Å². The molecule has 0 saturated heterocycles. The van der Waals surface area contributed by atoms with Crippen LogP contribution in [0, 0.1) is 0 Å². The van der Waals surface area contributed by atoms with E-state index in [9.17, 15) is 14.4 Å². The van der Waals surface area contributed by atoms with Gasteiger partial charge in [-0.15, -0.1) is 0 Å². The number of nitrogens with one attached hydrogen (secondary N) is 2. The summed E-state index contributed by atoms with van der Waals surface area (Å²) in [4.78, 5) is 41.6. The van der Waals surface area contributed by atoms with Gasteiger partial charge in [-0.05, 0) is 48.5 Å². The molecule has 4 aromatic rings. The number of pyridine rings is 1. The first-order valence-corrected chi connectivity index (χ1v) is 10.8. The number of benzene rings is 3. The molecule has 1 heterocycles. The second kappa shape index (κ2) is 10.3. The van der Waals surface area contributed by atoms with E-state index >= 15 is 0 Å². The van der Waals surface area contributed by atoms with Gasteiger partial charge >= 0.3 is 5.97 Å². The summed E-state index contributed by atoms with van der Waals surface area (Å²) < 4.78 is 5.19. The van der Waals surface area contributed by atoms with Gasteiger partial charge in [0, 0.05) is 26.6 Å². The zero-order valence-corrected chi connectivity index (χ0v) is 19.1. The number of fused-ring (bicyclic) bond motifs is 1. The number of carbonyl (C=O) groups excluding carboxylic acids is 3. The molecule has 9 heteroatoms. The van der Waals surface area contributed by atoms with E-state index in [2.05, 4.69) is 15.8 Å². The largest absolute Gasteiger partial charge is 0.452 e. The zero-order chi connectivity index (χ0) is 24.1. The molecule has 0 aliphatic carbocycles. The number of carbonyl (C=O) groups is 3. The molecule has 1 aromatic heterocycles. The minimum atomic E-state index is -0.702. The summed E-state index contributed by atoms with van der Waals surface area (Å²) in [6.45, 7) is -0.591. The molecule has 0 fully saturated rings. The van der Waals surface area contributed by atoms with Crippen molar-refractivity contribution in [1.82, 2.24) is 15.8 Å². The highest BCUT2D eigenvalue weighted by atomic mass is 35.5. The van der Waals surface area contributed by atoms with E-state index in [4.69, 9.17) is 27.9 Å². The van der Waals surface area contributed by atoms with Crippen LogP contribution in [0.25, 0.3) is 22.2 Å². The topological polar surface area (TPSA) is 97.4 Å². The fraction of sp³-hybridized carbons (Fsp3) is 0.0400. The SMILES string of the molecule is O=C(COC(=O)c1cc(-c2ccc(Cl)cc2)nc2ccccc12)NNC(=O)c1ccc(Cl)cc1. The number of rotatable bonds is 5. The van der Waals surface area contributed by atoms with Gasteiger partial charge in [0.05, 0.1) is 16.8 Å². The molecule has 0 saturated carbocycles. The molecular weight excluding hydrogens is 477 g/mol. The van der Waals surface area contributed by atoms with Crippen molar-refractivity contribution < 1.29 is 19.1 Å². The summed E-state index contributed by atoms with van der Waals surface area (Å²) in [6, 6.07) is 21.9. The third-order valence-corrected chi connectivity index (χ3v) is 5.34. The van der Waals surface area contributed by atoms with Crippen LogP contribution in [0.2, 0.25) is 10.0 Å². The molecule has 0 bridgehead atoms. The lowest BCUT2D eigenvalue weighted by Crippen LogP contribution is -2.43. The summed E-state index contributed by atoms with van der Waals surface area (Å²) in [6.07, 6.45) is 0. The molecular formula is C25H17Cl2N3O4. The molecule has 2 amide bonds. The minimum absolute atomic E-state index is 0.258. The number of amides is 2. The first-order valence-electron chi connectivity index (χ1n) is 10.1. The predicted molar refractivity (Wildman–Crippen MR) is 130 cm³/mol. The maximum atomic E-state index is 12.8. The first kappa shape index (κ1) is 23.2. The Hall–Kier alpha value is -3.94. The number of esters is 1. The van der Waals surface area contributed by atoms with Crippen LogP contribution >= 0.6 is 23.2 Å². The molecule has 4 rings (SSSR count). The fourth-order valence-electron chi connectivity index (χ4n) is 3.16. The Morgan fingerprint density at radius 2 is 1.47 bits per heavy atom. The van der Waals surface area contributed by atoms with Crippen molar-refractivity contribution >= 4 is 51.9 Å². The van der Waals surface area contributed by atoms with Gasteiger partial charge in [0.15, 0.2) is 6.61 Å².